The highest BCUT2D eigenvalue weighted by molar-refractivity contribution is 5.91. The minimum atomic E-state index is -0.226. The normalized spacial score (nSPS) is 16.9. The number of pyridine rings is 2. The average Bonchev–Trinajstić information content (AvgIpc) is 2.75. The number of carbonyl (C=O) groups is 1. The number of hydrogen-bond donors (Lipinski definition) is 1. The van der Waals surface area contributed by atoms with Crippen molar-refractivity contribution >= 4 is 11.7 Å². The van der Waals surface area contributed by atoms with E-state index in [4.69, 9.17) is 4.98 Å². The van der Waals surface area contributed by atoms with Crippen LogP contribution in [0.15, 0.2) is 66.9 Å². The molecule has 6 heteroatoms. The van der Waals surface area contributed by atoms with E-state index in [9.17, 15) is 9.18 Å². The van der Waals surface area contributed by atoms with Gasteiger partial charge in [0.15, 0.2) is 0 Å². The van der Waals surface area contributed by atoms with Gasteiger partial charge in [-0.15, -0.1) is 0 Å². The monoisotopic (exact) mass is 404 g/mol. The van der Waals surface area contributed by atoms with E-state index in [1.807, 2.05) is 30.3 Å². The van der Waals surface area contributed by atoms with Crippen LogP contribution in [-0.4, -0.2) is 40.4 Å². The van der Waals surface area contributed by atoms with Crippen LogP contribution in [-0.2, 0) is 11.2 Å². The first-order valence-corrected chi connectivity index (χ1v) is 10.3. The van der Waals surface area contributed by atoms with E-state index < -0.39 is 0 Å². The molecule has 4 rings (SSSR count). The highest BCUT2D eigenvalue weighted by Crippen LogP contribution is 2.26. The van der Waals surface area contributed by atoms with Gasteiger partial charge >= 0.3 is 0 Å². The topological polar surface area (TPSA) is 58.1 Å². The summed E-state index contributed by atoms with van der Waals surface area (Å²) >= 11 is 0. The summed E-state index contributed by atoms with van der Waals surface area (Å²) in [7, 11) is 0. The summed E-state index contributed by atoms with van der Waals surface area (Å²) in [5.74, 6) is 0.578. The largest absolute Gasteiger partial charge is 0.310 e. The molecule has 1 saturated heterocycles. The summed E-state index contributed by atoms with van der Waals surface area (Å²) in [5.41, 5.74) is 2.89. The molecule has 3 heterocycles. The maximum absolute atomic E-state index is 13.5. The molecule has 5 nitrogen and oxygen atoms in total. The van der Waals surface area contributed by atoms with Crippen molar-refractivity contribution in [3.8, 4) is 0 Å². The highest BCUT2D eigenvalue weighted by Gasteiger charge is 2.24. The van der Waals surface area contributed by atoms with Gasteiger partial charge in [0.05, 0.1) is 6.54 Å². The molecule has 1 aliphatic rings. The summed E-state index contributed by atoms with van der Waals surface area (Å²) in [4.78, 5) is 23.5. The van der Waals surface area contributed by atoms with E-state index in [1.165, 1.54) is 6.07 Å². The van der Waals surface area contributed by atoms with Gasteiger partial charge < -0.3 is 5.32 Å². The highest BCUT2D eigenvalue weighted by atomic mass is 19.1. The van der Waals surface area contributed by atoms with Gasteiger partial charge in [-0.2, -0.15) is 0 Å². The van der Waals surface area contributed by atoms with E-state index in [2.05, 4.69) is 21.3 Å². The fourth-order valence-corrected chi connectivity index (χ4v) is 3.94. The van der Waals surface area contributed by atoms with Crippen molar-refractivity contribution in [1.82, 2.24) is 14.9 Å². The lowest BCUT2D eigenvalue weighted by atomic mass is 9.94. The third kappa shape index (κ3) is 5.48. The molecule has 3 aromatic rings. The lowest BCUT2D eigenvalue weighted by Crippen LogP contribution is -2.40. The SMILES string of the molecule is O=C(CN1CCC[C@H](c2cccc(Cc3cccc(F)c3)n2)C1)Nc1ccccn1. The van der Waals surface area contributed by atoms with Crippen LogP contribution in [0.25, 0.3) is 0 Å². The Morgan fingerprint density at radius 3 is 2.87 bits per heavy atom. The van der Waals surface area contributed by atoms with E-state index in [-0.39, 0.29) is 17.6 Å². The number of carbonyl (C=O) groups excluding carboxylic acids is 1. The number of halogens is 1. The Labute approximate surface area is 176 Å². The number of rotatable bonds is 6. The number of likely N-dealkylation sites (tertiary alicyclic amines) is 1. The summed E-state index contributed by atoms with van der Waals surface area (Å²) in [6.07, 6.45) is 4.34. The molecular formula is C24H25FN4O. The summed E-state index contributed by atoms with van der Waals surface area (Å²) < 4.78 is 13.5. The fraction of sp³-hybridized carbons (Fsp3) is 0.292. The van der Waals surface area contributed by atoms with Crippen molar-refractivity contribution in [3.63, 3.8) is 0 Å². The van der Waals surface area contributed by atoms with Crippen molar-refractivity contribution in [2.75, 3.05) is 25.0 Å². The van der Waals surface area contributed by atoms with E-state index >= 15 is 0 Å². The number of piperidine rings is 1. The predicted octanol–water partition coefficient (Wildman–Crippen LogP) is 4.02. The molecule has 1 aromatic carbocycles. The van der Waals surface area contributed by atoms with Crippen LogP contribution < -0.4 is 5.32 Å². The maximum Gasteiger partial charge on any atom is 0.239 e. The second kappa shape index (κ2) is 9.59. The minimum Gasteiger partial charge on any atom is -0.310 e. The number of benzene rings is 1. The van der Waals surface area contributed by atoms with Crippen molar-refractivity contribution in [2.45, 2.75) is 25.2 Å². The van der Waals surface area contributed by atoms with Crippen LogP contribution in [0.1, 0.15) is 35.7 Å². The van der Waals surface area contributed by atoms with Crippen LogP contribution >= 0.6 is 0 Å². The second-order valence-electron chi connectivity index (χ2n) is 7.70. The molecule has 0 radical (unpaired) electrons. The van der Waals surface area contributed by atoms with Gasteiger partial charge in [-0.3, -0.25) is 14.7 Å². The van der Waals surface area contributed by atoms with E-state index in [0.717, 1.165) is 42.9 Å². The maximum atomic E-state index is 13.5. The van der Waals surface area contributed by atoms with Gasteiger partial charge in [0.1, 0.15) is 11.6 Å². The summed E-state index contributed by atoms with van der Waals surface area (Å²) in [5, 5.41) is 2.85. The number of nitrogens with zero attached hydrogens (tertiary/aromatic N) is 3. The van der Waals surface area contributed by atoms with Gasteiger partial charge in [-0.1, -0.05) is 24.3 Å². The first kappa shape index (κ1) is 20.2. The molecule has 30 heavy (non-hydrogen) atoms. The first-order valence-electron chi connectivity index (χ1n) is 10.3. The molecule has 1 aliphatic heterocycles. The van der Waals surface area contributed by atoms with Crippen LogP contribution in [0.2, 0.25) is 0 Å². The molecule has 154 valence electrons. The molecule has 0 saturated carbocycles. The van der Waals surface area contributed by atoms with Gasteiger partial charge in [0, 0.05) is 36.5 Å². The first-order chi connectivity index (χ1) is 14.7. The van der Waals surface area contributed by atoms with Gasteiger partial charge in [-0.05, 0) is 61.3 Å². The second-order valence-corrected chi connectivity index (χ2v) is 7.70. The lowest BCUT2D eigenvalue weighted by Gasteiger charge is -2.32. The Balaban J connectivity index is 1.37. The lowest BCUT2D eigenvalue weighted by molar-refractivity contribution is -0.117. The molecular weight excluding hydrogens is 379 g/mol. The number of aromatic nitrogens is 2. The molecule has 1 atom stereocenters. The van der Waals surface area contributed by atoms with E-state index in [1.54, 1.807) is 24.4 Å². The van der Waals surface area contributed by atoms with Crippen molar-refractivity contribution in [3.05, 3.63) is 89.6 Å². The summed E-state index contributed by atoms with van der Waals surface area (Å²) in [6, 6.07) is 18.2. The standard InChI is InChI=1S/C24H25FN4O/c25-20-8-3-6-18(14-20)15-21-9-4-10-22(27-21)19-7-5-13-29(16-19)17-24(30)28-23-11-1-2-12-26-23/h1-4,6,8-12,14,19H,5,7,13,15-17H2,(H,26,28,30)/t19-/m0/s1. The van der Waals surface area contributed by atoms with Crippen molar-refractivity contribution in [1.29, 1.82) is 0 Å². The van der Waals surface area contributed by atoms with Crippen LogP contribution in [0.3, 0.4) is 0 Å². The van der Waals surface area contributed by atoms with Gasteiger partial charge in [-0.25, -0.2) is 9.37 Å². The van der Waals surface area contributed by atoms with Crippen LogP contribution in [0.4, 0.5) is 10.2 Å². The minimum absolute atomic E-state index is 0.0536. The van der Waals surface area contributed by atoms with Crippen LogP contribution in [0.5, 0.6) is 0 Å². The Kier molecular flexibility index (Phi) is 6.44. The molecule has 2 aromatic heterocycles. The number of anilines is 1. The summed E-state index contributed by atoms with van der Waals surface area (Å²) in [6.45, 7) is 2.04. The predicted molar refractivity (Wildman–Crippen MR) is 115 cm³/mol. The zero-order valence-corrected chi connectivity index (χ0v) is 16.8. The van der Waals surface area contributed by atoms with Gasteiger partial charge in [0.2, 0.25) is 5.91 Å². The van der Waals surface area contributed by atoms with Crippen LogP contribution in [0, 0.1) is 5.82 Å². The Hall–Kier alpha value is -3.12. The molecule has 0 aliphatic carbocycles. The van der Waals surface area contributed by atoms with Gasteiger partial charge in [0.25, 0.3) is 0 Å². The quantitative estimate of drug-likeness (QED) is 0.674. The molecule has 0 bridgehead atoms. The Morgan fingerprint density at radius 1 is 1.13 bits per heavy atom. The molecule has 0 spiro atoms. The Morgan fingerprint density at radius 2 is 2.03 bits per heavy atom. The number of hydrogen-bond acceptors (Lipinski definition) is 4. The van der Waals surface area contributed by atoms with Crippen molar-refractivity contribution < 1.29 is 9.18 Å². The fourth-order valence-electron chi connectivity index (χ4n) is 3.94. The molecule has 1 amide bonds. The smallest absolute Gasteiger partial charge is 0.239 e. The van der Waals surface area contributed by atoms with Crippen molar-refractivity contribution in [2.24, 2.45) is 0 Å². The third-order valence-corrected chi connectivity index (χ3v) is 5.33. The molecule has 0 unspecified atom stereocenters. The number of nitrogens with one attached hydrogen (secondary N) is 1. The molecule has 1 N–H and O–H groups in total. The molecule has 1 fully saturated rings. The zero-order valence-electron chi connectivity index (χ0n) is 16.8. The Bertz CT molecular complexity index is 995. The van der Waals surface area contributed by atoms with E-state index in [0.29, 0.717) is 18.8 Å². The number of amides is 1. The zero-order chi connectivity index (χ0) is 20.8. The third-order valence-electron chi connectivity index (χ3n) is 5.33. The average molecular weight is 404 g/mol.